The molecule has 1 aliphatic rings. The number of benzene rings is 1. The second-order valence-electron chi connectivity index (χ2n) is 5.78. The van der Waals surface area contributed by atoms with Crippen molar-refractivity contribution in [3.05, 3.63) is 48.2 Å². The molecule has 0 radical (unpaired) electrons. The van der Waals surface area contributed by atoms with Crippen molar-refractivity contribution in [2.75, 3.05) is 25.0 Å². The Labute approximate surface area is 165 Å². The quantitative estimate of drug-likeness (QED) is 0.807. The standard InChI is InChI=1S/C18H22N4O2.2ClH/c1-2-24-15-7-5-14(6-8-15)21-17-16(4-3-10-20-17)18(23)22-11-9-13(19)12-22;;/h3-8,10,13H,2,9,11-12,19H2,1H3,(H,20,21);2*1H/t13-;;/m1../s1. The van der Waals surface area contributed by atoms with Gasteiger partial charge in [0.2, 0.25) is 0 Å². The predicted octanol–water partition coefficient (Wildman–Crippen LogP) is 3.24. The van der Waals surface area contributed by atoms with Gasteiger partial charge in [-0.15, -0.1) is 24.8 Å². The first kappa shape index (κ1) is 22.0. The van der Waals surface area contributed by atoms with Crippen LogP contribution in [0.5, 0.6) is 5.75 Å². The predicted molar refractivity (Wildman–Crippen MR) is 108 cm³/mol. The zero-order chi connectivity index (χ0) is 16.9. The fourth-order valence-electron chi connectivity index (χ4n) is 2.76. The first-order valence-corrected chi connectivity index (χ1v) is 8.17. The molecule has 142 valence electrons. The van der Waals surface area contributed by atoms with Crippen LogP contribution in [0.4, 0.5) is 11.5 Å². The number of hydrogen-bond acceptors (Lipinski definition) is 5. The van der Waals surface area contributed by atoms with Crippen molar-refractivity contribution >= 4 is 42.2 Å². The number of likely N-dealkylation sites (tertiary alicyclic amines) is 1. The Hall–Kier alpha value is -2.02. The van der Waals surface area contributed by atoms with Gasteiger partial charge in [-0.05, 0) is 49.7 Å². The Morgan fingerprint density at radius 3 is 2.65 bits per heavy atom. The summed E-state index contributed by atoms with van der Waals surface area (Å²) in [7, 11) is 0. The van der Waals surface area contributed by atoms with E-state index in [9.17, 15) is 4.79 Å². The van der Waals surface area contributed by atoms with Crippen molar-refractivity contribution < 1.29 is 9.53 Å². The van der Waals surface area contributed by atoms with Gasteiger partial charge in [-0.2, -0.15) is 0 Å². The maximum absolute atomic E-state index is 12.7. The molecular formula is C18H24Cl2N4O2. The van der Waals surface area contributed by atoms with E-state index in [0.717, 1.165) is 17.9 Å². The van der Waals surface area contributed by atoms with E-state index in [1.807, 2.05) is 31.2 Å². The number of nitrogens with one attached hydrogen (secondary N) is 1. The van der Waals surface area contributed by atoms with Crippen LogP contribution in [-0.4, -0.2) is 41.5 Å². The second kappa shape index (κ2) is 10.2. The molecule has 1 saturated heterocycles. The van der Waals surface area contributed by atoms with Crippen LogP contribution in [0, 0.1) is 0 Å². The van der Waals surface area contributed by atoms with Gasteiger partial charge in [0.05, 0.1) is 12.2 Å². The lowest BCUT2D eigenvalue weighted by atomic mass is 10.2. The number of carbonyl (C=O) groups is 1. The first-order valence-electron chi connectivity index (χ1n) is 8.17. The lowest BCUT2D eigenvalue weighted by molar-refractivity contribution is 0.0791. The number of rotatable bonds is 5. The van der Waals surface area contributed by atoms with Crippen molar-refractivity contribution in [2.45, 2.75) is 19.4 Å². The Morgan fingerprint density at radius 2 is 2.04 bits per heavy atom. The normalized spacial score (nSPS) is 15.6. The van der Waals surface area contributed by atoms with Crippen molar-refractivity contribution in [1.82, 2.24) is 9.88 Å². The Morgan fingerprint density at radius 1 is 1.31 bits per heavy atom. The van der Waals surface area contributed by atoms with Crippen molar-refractivity contribution in [1.29, 1.82) is 0 Å². The minimum atomic E-state index is -0.0375. The molecule has 2 aromatic rings. The molecule has 2 heterocycles. The number of amides is 1. The van der Waals surface area contributed by atoms with E-state index in [-0.39, 0.29) is 36.8 Å². The molecule has 1 atom stereocenters. The number of halogens is 2. The maximum Gasteiger partial charge on any atom is 0.257 e. The Balaban J connectivity index is 0.00000169. The maximum atomic E-state index is 12.7. The molecular weight excluding hydrogens is 375 g/mol. The SMILES string of the molecule is CCOc1ccc(Nc2ncccc2C(=O)N2CC[C@@H](N)C2)cc1.Cl.Cl. The highest BCUT2D eigenvalue weighted by Crippen LogP contribution is 2.23. The summed E-state index contributed by atoms with van der Waals surface area (Å²) in [6.45, 7) is 3.86. The highest BCUT2D eigenvalue weighted by atomic mass is 35.5. The van der Waals surface area contributed by atoms with Gasteiger partial charge < -0.3 is 20.7 Å². The molecule has 26 heavy (non-hydrogen) atoms. The third-order valence-electron chi connectivity index (χ3n) is 3.98. The Kier molecular flexibility index (Phi) is 8.65. The van der Waals surface area contributed by atoms with Crippen LogP contribution in [0.3, 0.4) is 0 Å². The van der Waals surface area contributed by atoms with Crippen LogP contribution in [0.1, 0.15) is 23.7 Å². The molecule has 6 nitrogen and oxygen atoms in total. The molecule has 3 rings (SSSR count). The van der Waals surface area contributed by atoms with Crippen LogP contribution in [-0.2, 0) is 0 Å². The van der Waals surface area contributed by atoms with Gasteiger partial charge >= 0.3 is 0 Å². The lowest BCUT2D eigenvalue weighted by Crippen LogP contribution is -2.32. The molecule has 0 bridgehead atoms. The molecule has 0 unspecified atom stereocenters. The smallest absolute Gasteiger partial charge is 0.257 e. The minimum Gasteiger partial charge on any atom is -0.494 e. The van der Waals surface area contributed by atoms with E-state index < -0.39 is 0 Å². The Bertz CT molecular complexity index is 713. The van der Waals surface area contributed by atoms with Gasteiger partial charge in [0, 0.05) is 31.0 Å². The van der Waals surface area contributed by atoms with Gasteiger partial charge in [0.1, 0.15) is 11.6 Å². The largest absolute Gasteiger partial charge is 0.494 e. The van der Waals surface area contributed by atoms with Crippen molar-refractivity contribution in [3.8, 4) is 5.75 Å². The highest BCUT2D eigenvalue weighted by Gasteiger charge is 2.26. The third-order valence-corrected chi connectivity index (χ3v) is 3.98. The molecule has 1 aromatic carbocycles. The summed E-state index contributed by atoms with van der Waals surface area (Å²) in [5.74, 6) is 1.32. The van der Waals surface area contributed by atoms with E-state index in [1.54, 1.807) is 23.2 Å². The molecule has 1 fully saturated rings. The van der Waals surface area contributed by atoms with Crippen molar-refractivity contribution in [2.24, 2.45) is 5.73 Å². The van der Waals surface area contributed by atoms with E-state index in [4.69, 9.17) is 10.5 Å². The molecule has 1 aliphatic heterocycles. The second-order valence-corrected chi connectivity index (χ2v) is 5.78. The number of nitrogens with two attached hydrogens (primary N) is 1. The number of nitrogens with zero attached hydrogens (tertiary/aromatic N) is 2. The van der Waals surface area contributed by atoms with E-state index in [2.05, 4.69) is 10.3 Å². The van der Waals surface area contributed by atoms with E-state index in [1.165, 1.54) is 0 Å². The average molecular weight is 399 g/mol. The zero-order valence-corrected chi connectivity index (χ0v) is 16.2. The molecule has 8 heteroatoms. The summed E-state index contributed by atoms with van der Waals surface area (Å²) in [6.07, 6.45) is 2.51. The number of pyridine rings is 1. The topological polar surface area (TPSA) is 80.5 Å². The lowest BCUT2D eigenvalue weighted by Gasteiger charge is -2.18. The molecule has 1 aromatic heterocycles. The van der Waals surface area contributed by atoms with Gasteiger partial charge in [0.15, 0.2) is 0 Å². The van der Waals surface area contributed by atoms with E-state index in [0.29, 0.717) is 31.1 Å². The highest BCUT2D eigenvalue weighted by molar-refractivity contribution is 5.99. The van der Waals surface area contributed by atoms with Gasteiger partial charge in [0.25, 0.3) is 5.91 Å². The number of anilines is 2. The van der Waals surface area contributed by atoms with Crippen LogP contribution in [0.15, 0.2) is 42.6 Å². The monoisotopic (exact) mass is 398 g/mol. The summed E-state index contributed by atoms with van der Waals surface area (Å²) in [6, 6.07) is 11.2. The molecule has 1 amide bonds. The molecule has 0 saturated carbocycles. The fourth-order valence-corrected chi connectivity index (χ4v) is 2.76. The van der Waals surface area contributed by atoms with Crippen LogP contribution >= 0.6 is 24.8 Å². The first-order chi connectivity index (χ1) is 11.7. The van der Waals surface area contributed by atoms with Gasteiger partial charge in [-0.3, -0.25) is 4.79 Å². The fraction of sp³-hybridized carbons (Fsp3) is 0.333. The summed E-state index contributed by atoms with van der Waals surface area (Å²) in [4.78, 5) is 18.8. The molecule has 0 spiro atoms. The summed E-state index contributed by atoms with van der Waals surface area (Å²) >= 11 is 0. The zero-order valence-electron chi connectivity index (χ0n) is 14.6. The average Bonchev–Trinajstić information content (AvgIpc) is 3.03. The summed E-state index contributed by atoms with van der Waals surface area (Å²) in [5, 5.41) is 3.21. The van der Waals surface area contributed by atoms with Crippen LogP contribution in [0.25, 0.3) is 0 Å². The molecule has 0 aliphatic carbocycles. The third kappa shape index (κ3) is 5.24. The summed E-state index contributed by atoms with van der Waals surface area (Å²) in [5.41, 5.74) is 7.31. The number of carbonyl (C=O) groups excluding carboxylic acids is 1. The minimum absolute atomic E-state index is 0. The number of ether oxygens (including phenoxy) is 1. The molecule has 3 N–H and O–H groups in total. The van der Waals surface area contributed by atoms with Gasteiger partial charge in [-0.1, -0.05) is 0 Å². The van der Waals surface area contributed by atoms with Crippen LogP contribution in [0.2, 0.25) is 0 Å². The number of aromatic nitrogens is 1. The van der Waals surface area contributed by atoms with Crippen molar-refractivity contribution in [3.63, 3.8) is 0 Å². The summed E-state index contributed by atoms with van der Waals surface area (Å²) < 4.78 is 5.43. The van der Waals surface area contributed by atoms with E-state index >= 15 is 0 Å². The number of hydrogen-bond donors (Lipinski definition) is 2. The van der Waals surface area contributed by atoms with Crippen LogP contribution < -0.4 is 15.8 Å². The van der Waals surface area contributed by atoms with Gasteiger partial charge in [-0.25, -0.2) is 4.98 Å².